The third kappa shape index (κ3) is 2.68. The van der Waals surface area contributed by atoms with Crippen LogP contribution in [0.4, 0.5) is 0 Å². The molecule has 1 heterocycles. The van der Waals surface area contributed by atoms with Crippen molar-refractivity contribution in [2.45, 2.75) is 31.9 Å². The van der Waals surface area contributed by atoms with Crippen molar-refractivity contribution in [3.8, 4) is 0 Å². The van der Waals surface area contributed by atoms with Crippen molar-refractivity contribution in [3.63, 3.8) is 0 Å². The highest BCUT2D eigenvalue weighted by atomic mass is 32.2. The Labute approximate surface area is 80.8 Å². The molecule has 1 rings (SSSR count). The van der Waals surface area contributed by atoms with E-state index < -0.39 is 9.84 Å². The van der Waals surface area contributed by atoms with Crippen LogP contribution in [0.1, 0.15) is 26.7 Å². The third-order valence-corrected chi connectivity index (χ3v) is 5.34. The molecule has 0 bridgehead atoms. The molecule has 0 aromatic heterocycles. The largest absolute Gasteiger partial charge is 0.317 e. The lowest BCUT2D eigenvalue weighted by Gasteiger charge is -2.27. The molecule has 1 fully saturated rings. The normalized spacial score (nSPS) is 22.9. The fourth-order valence-corrected chi connectivity index (χ4v) is 3.25. The van der Waals surface area contributed by atoms with Gasteiger partial charge in [0.15, 0.2) is 9.84 Å². The van der Waals surface area contributed by atoms with Crippen LogP contribution in [-0.4, -0.2) is 32.5 Å². The minimum Gasteiger partial charge on any atom is -0.317 e. The van der Waals surface area contributed by atoms with E-state index in [0.29, 0.717) is 5.92 Å². The van der Waals surface area contributed by atoms with Crippen molar-refractivity contribution < 1.29 is 8.42 Å². The van der Waals surface area contributed by atoms with Gasteiger partial charge in [-0.1, -0.05) is 6.92 Å². The van der Waals surface area contributed by atoms with Crippen LogP contribution in [-0.2, 0) is 9.84 Å². The molecule has 0 aromatic rings. The van der Waals surface area contributed by atoms with Gasteiger partial charge in [-0.3, -0.25) is 0 Å². The second-order valence-electron chi connectivity index (χ2n) is 3.74. The lowest BCUT2D eigenvalue weighted by atomic mass is 9.95. The first-order valence-corrected chi connectivity index (χ1v) is 6.71. The Kier molecular flexibility index (Phi) is 3.74. The van der Waals surface area contributed by atoms with E-state index in [9.17, 15) is 8.42 Å². The minimum absolute atomic E-state index is 0.153. The predicted molar refractivity (Wildman–Crippen MR) is 54.5 cm³/mol. The monoisotopic (exact) mass is 205 g/mol. The Balaban J connectivity index is 2.60. The van der Waals surface area contributed by atoms with Crippen LogP contribution in [0.3, 0.4) is 0 Å². The molecule has 1 aliphatic heterocycles. The Morgan fingerprint density at radius 3 is 2.38 bits per heavy atom. The zero-order valence-electron chi connectivity index (χ0n) is 8.41. The summed E-state index contributed by atoms with van der Waals surface area (Å²) in [5.41, 5.74) is 0. The predicted octanol–water partition coefficient (Wildman–Crippen LogP) is 0.809. The molecular formula is C9H19NO2S. The van der Waals surface area contributed by atoms with Crippen molar-refractivity contribution in [3.05, 3.63) is 0 Å². The van der Waals surface area contributed by atoms with Crippen molar-refractivity contribution in [2.75, 3.05) is 18.8 Å². The van der Waals surface area contributed by atoms with Gasteiger partial charge in [-0.15, -0.1) is 0 Å². The Bertz CT molecular complexity index is 242. The molecule has 0 spiro atoms. The van der Waals surface area contributed by atoms with Crippen LogP contribution in [0, 0.1) is 5.92 Å². The van der Waals surface area contributed by atoms with Gasteiger partial charge in [0.25, 0.3) is 0 Å². The number of nitrogens with one attached hydrogen (secondary N) is 1. The van der Waals surface area contributed by atoms with Crippen LogP contribution < -0.4 is 5.32 Å². The van der Waals surface area contributed by atoms with Gasteiger partial charge in [0.05, 0.1) is 5.25 Å². The summed E-state index contributed by atoms with van der Waals surface area (Å²) in [5.74, 6) is 0.643. The van der Waals surface area contributed by atoms with E-state index in [2.05, 4.69) is 5.32 Å². The molecule has 1 N–H and O–H groups in total. The summed E-state index contributed by atoms with van der Waals surface area (Å²) >= 11 is 0. The Morgan fingerprint density at radius 1 is 1.38 bits per heavy atom. The van der Waals surface area contributed by atoms with E-state index in [-0.39, 0.29) is 11.0 Å². The average Bonchev–Trinajstić information content (AvgIpc) is 2.18. The van der Waals surface area contributed by atoms with E-state index in [0.717, 1.165) is 25.9 Å². The quantitative estimate of drug-likeness (QED) is 0.741. The van der Waals surface area contributed by atoms with E-state index >= 15 is 0 Å². The maximum atomic E-state index is 11.6. The molecule has 1 saturated heterocycles. The maximum Gasteiger partial charge on any atom is 0.152 e. The first kappa shape index (κ1) is 11.0. The van der Waals surface area contributed by atoms with E-state index in [4.69, 9.17) is 0 Å². The summed E-state index contributed by atoms with van der Waals surface area (Å²) in [6, 6.07) is 0. The summed E-state index contributed by atoms with van der Waals surface area (Å²) in [5, 5.41) is 3.09. The van der Waals surface area contributed by atoms with Crippen LogP contribution >= 0.6 is 0 Å². The van der Waals surface area contributed by atoms with Crippen molar-refractivity contribution >= 4 is 9.84 Å². The topological polar surface area (TPSA) is 46.2 Å². The number of piperidine rings is 1. The summed E-state index contributed by atoms with van der Waals surface area (Å²) in [6.07, 6.45) is 2.00. The molecule has 1 unspecified atom stereocenters. The fourth-order valence-electron chi connectivity index (χ4n) is 1.87. The minimum atomic E-state index is -2.83. The first-order chi connectivity index (χ1) is 6.08. The van der Waals surface area contributed by atoms with Gasteiger partial charge in [0.2, 0.25) is 0 Å². The van der Waals surface area contributed by atoms with Crippen molar-refractivity contribution in [2.24, 2.45) is 5.92 Å². The van der Waals surface area contributed by atoms with Crippen LogP contribution in [0.5, 0.6) is 0 Å². The first-order valence-electron chi connectivity index (χ1n) is 5.00. The summed E-state index contributed by atoms with van der Waals surface area (Å²) < 4.78 is 23.2. The molecular weight excluding hydrogens is 186 g/mol. The molecule has 1 atom stereocenters. The average molecular weight is 205 g/mol. The molecule has 13 heavy (non-hydrogen) atoms. The Morgan fingerprint density at radius 2 is 1.92 bits per heavy atom. The maximum absolute atomic E-state index is 11.6. The number of sulfone groups is 1. The van der Waals surface area contributed by atoms with E-state index in [1.165, 1.54) is 0 Å². The molecule has 78 valence electrons. The molecule has 3 nitrogen and oxygen atoms in total. The van der Waals surface area contributed by atoms with Gasteiger partial charge in [-0.05, 0) is 38.8 Å². The van der Waals surface area contributed by atoms with Gasteiger partial charge >= 0.3 is 0 Å². The molecule has 1 aliphatic rings. The Hall–Kier alpha value is -0.0900. The lowest BCUT2D eigenvalue weighted by molar-refractivity contribution is 0.363. The van der Waals surface area contributed by atoms with Crippen molar-refractivity contribution in [1.29, 1.82) is 0 Å². The van der Waals surface area contributed by atoms with Gasteiger partial charge < -0.3 is 5.32 Å². The van der Waals surface area contributed by atoms with Gasteiger partial charge in [-0.2, -0.15) is 0 Å². The van der Waals surface area contributed by atoms with E-state index in [1.807, 2.05) is 6.92 Å². The fraction of sp³-hybridized carbons (Fsp3) is 1.00. The highest BCUT2D eigenvalue weighted by Crippen LogP contribution is 2.22. The second kappa shape index (κ2) is 4.42. The summed E-state index contributed by atoms with van der Waals surface area (Å²) in [6.45, 7) is 5.52. The summed E-state index contributed by atoms with van der Waals surface area (Å²) in [4.78, 5) is 0. The van der Waals surface area contributed by atoms with Gasteiger partial charge in [0.1, 0.15) is 0 Å². The lowest BCUT2D eigenvalue weighted by Crippen LogP contribution is -2.37. The van der Waals surface area contributed by atoms with Crippen LogP contribution in [0.2, 0.25) is 0 Å². The van der Waals surface area contributed by atoms with Crippen molar-refractivity contribution in [1.82, 2.24) is 5.32 Å². The SMILES string of the molecule is CCS(=O)(=O)C(C)C1CCNCC1. The third-order valence-electron chi connectivity index (χ3n) is 3.02. The van der Waals surface area contributed by atoms with E-state index in [1.54, 1.807) is 6.92 Å². The van der Waals surface area contributed by atoms with Crippen LogP contribution in [0.25, 0.3) is 0 Å². The van der Waals surface area contributed by atoms with Gasteiger partial charge in [0, 0.05) is 5.75 Å². The van der Waals surface area contributed by atoms with Gasteiger partial charge in [-0.25, -0.2) is 8.42 Å². The zero-order chi connectivity index (χ0) is 9.90. The standard InChI is InChI=1S/C9H19NO2S/c1-3-13(11,12)8(2)9-4-6-10-7-5-9/h8-10H,3-7H2,1-2H3. The van der Waals surface area contributed by atoms with Crippen LogP contribution in [0.15, 0.2) is 0 Å². The molecule has 0 radical (unpaired) electrons. The number of hydrogen-bond donors (Lipinski definition) is 1. The summed E-state index contributed by atoms with van der Waals surface area (Å²) in [7, 11) is -2.83. The molecule has 4 heteroatoms. The molecule has 0 aliphatic carbocycles. The highest BCUT2D eigenvalue weighted by molar-refractivity contribution is 7.91. The second-order valence-corrected chi connectivity index (χ2v) is 6.39. The molecule has 0 saturated carbocycles. The molecule has 0 amide bonds. The molecule has 0 aromatic carbocycles. The number of hydrogen-bond acceptors (Lipinski definition) is 3. The highest BCUT2D eigenvalue weighted by Gasteiger charge is 2.28. The zero-order valence-corrected chi connectivity index (χ0v) is 9.23. The number of rotatable bonds is 3. The smallest absolute Gasteiger partial charge is 0.152 e.